The molecule has 0 bridgehead atoms. The first-order valence-corrected chi connectivity index (χ1v) is 7.33. The summed E-state index contributed by atoms with van der Waals surface area (Å²) in [5.74, 6) is 0.744. The van der Waals surface area contributed by atoms with E-state index in [0.717, 1.165) is 38.0 Å². The Bertz CT molecular complexity index is 468. The summed E-state index contributed by atoms with van der Waals surface area (Å²) in [5.41, 5.74) is 1.75. The average molecular weight is 276 g/mol. The third-order valence-electron chi connectivity index (χ3n) is 3.79. The number of hydrogen-bond acceptors (Lipinski definition) is 3. The van der Waals surface area contributed by atoms with Gasteiger partial charge in [0.1, 0.15) is 5.75 Å². The summed E-state index contributed by atoms with van der Waals surface area (Å²) < 4.78 is 5.35. The molecule has 1 aliphatic heterocycles. The van der Waals surface area contributed by atoms with Crippen LogP contribution in [0.3, 0.4) is 0 Å². The normalized spacial score (nSPS) is 18.1. The highest BCUT2D eigenvalue weighted by Crippen LogP contribution is 2.23. The fraction of sp³-hybridized carbons (Fsp3) is 0.562. The molecular formula is C16H24N2O2. The molecule has 110 valence electrons. The van der Waals surface area contributed by atoms with Gasteiger partial charge in [-0.05, 0) is 38.4 Å². The van der Waals surface area contributed by atoms with Crippen LogP contribution >= 0.6 is 0 Å². The van der Waals surface area contributed by atoms with Crippen LogP contribution in [-0.2, 0) is 0 Å². The fourth-order valence-corrected chi connectivity index (χ4v) is 2.74. The molecule has 4 nitrogen and oxygen atoms in total. The molecule has 1 fully saturated rings. The van der Waals surface area contributed by atoms with E-state index in [1.54, 1.807) is 7.11 Å². The molecular weight excluding hydrogens is 252 g/mol. The van der Waals surface area contributed by atoms with Crippen molar-refractivity contribution in [3.63, 3.8) is 0 Å². The fourth-order valence-electron chi connectivity index (χ4n) is 2.74. The molecule has 20 heavy (non-hydrogen) atoms. The standard InChI is InChI=1S/C16H24N2O2/c1-4-9-18(13-7-8-17-11-13)16(19)14-10-12(2)5-6-15(14)20-3/h5-6,10,13,17H,4,7-9,11H2,1-3H3. The number of hydrogen-bond donors (Lipinski definition) is 1. The Kier molecular flexibility index (Phi) is 5.01. The zero-order valence-corrected chi connectivity index (χ0v) is 12.6. The Morgan fingerprint density at radius 3 is 2.90 bits per heavy atom. The number of aryl methyl sites for hydroxylation is 1. The lowest BCUT2D eigenvalue weighted by Gasteiger charge is -2.29. The van der Waals surface area contributed by atoms with E-state index in [9.17, 15) is 4.79 Å². The van der Waals surface area contributed by atoms with Crippen LogP contribution in [0.1, 0.15) is 35.7 Å². The minimum atomic E-state index is 0.0844. The Hall–Kier alpha value is -1.55. The van der Waals surface area contributed by atoms with Gasteiger partial charge >= 0.3 is 0 Å². The van der Waals surface area contributed by atoms with Crippen molar-refractivity contribution in [2.45, 2.75) is 32.7 Å². The van der Waals surface area contributed by atoms with Crippen molar-refractivity contribution in [1.82, 2.24) is 10.2 Å². The Morgan fingerprint density at radius 2 is 2.30 bits per heavy atom. The van der Waals surface area contributed by atoms with Gasteiger partial charge in [0.15, 0.2) is 0 Å². The van der Waals surface area contributed by atoms with E-state index >= 15 is 0 Å². The summed E-state index contributed by atoms with van der Waals surface area (Å²) in [6.07, 6.45) is 2.00. The molecule has 1 heterocycles. The van der Waals surface area contributed by atoms with E-state index in [0.29, 0.717) is 17.4 Å². The van der Waals surface area contributed by atoms with Gasteiger partial charge in [0, 0.05) is 19.1 Å². The number of benzene rings is 1. The first-order valence-electron chi connectivity index (χ1n) is 7.33. The Labute approximate surface area is 121 Å². The predicted octanol–water partition coefficient (Wildman–Crippen LogP) is 2.22. The summed E-state index contributed by atoms with van der Waals surface area (Å²) in [4.78, 5) is 14.9. The number of nitrogens with one attached hydrogen (secondary N) is 1. The maximum atomic E-state index is 12.9. The Morgan fingerprint density at radius 1 is 1.50 bits per heavy atom. The van der Waals surface area contributed by atoms with Crippen molar-refractivity contribution < 1.29 is 9.53 Å². The van der Waals surface area contributed by atoms with Crippen LogP contribution in [0.5, 0.6) is 5.75 Å². The van der Waals surface area contributed by atoms with Crippen LogP contribution in [-0.4, -0.2) is 43.6 Å². The molecule has 1 aliphatic rings. The van der Waals surface area contributed by atoms with Gasteiger partial charge in [-0.25, -0.2) is 0 Å². The number of ether oxygens (including phenoxy) is 1. The number of carbonyl (C=O) groups excluding carboxylic acids is 1. The van der Waals surface area contributed by atoms with Crippen LogP contribution in [0.4, 0.5) is 0 Å². The van der Waals surface area contributed by atoms with E-state index in [1.807, 2.05) is 30.0 Å². The number of amides is 1. The maximum Gasteiger partial charge on any atom is 0.257 e. The summed E-state index contributed by atoms with van der Waals surface area (Å²) >= 11 is 0. The number of nitrogens with zero attached hydrogens (tertiary/aromatic N) is 1. The second-order valence-electron chi connectivity index (χ2n) is 5.35. The number of rotatable bonds is 5. The van der Waals surface area contributed by atoms with Crippen LogP contribution in [0.25, 0.3) is 0 Å². The van der Waals surface area contributed by atoms with Crippen molar-refractivity contribution in [3.05, 3.63) is 29.3 Å². The lowest BCUT2D eigenvalue weighted by molar-refractivity contribution is 0.0688. The molecule has 1 atom stereocenters. The first kappa shape index (κ1) is 14.9. The lowest BCUT2D eigenvalue weighted by atomic mass is 10.1. The highest BCUT2D eigenvalue weighted by Gasteiger charge is 2.28. The molecule has 1 N–H and O–H groups in total. The van der Waals surface area contributed by atoms with E-state index in [1.165, 1.54) is 0 Å². The molecule has 0 saturated carbocycles. The molecule has 0 aliphatic carbocycles. The average Bonchev–Trinajstić information content (AvgIpc) is 2.98. The van der Waals surface area contributed by atoms with Gasteiger partial charge in [-0.2, -0.15) is 0 Å². The van der Waals surface area contributed by atoms with Crippen LogP contribution in [0.2, 0.25) is 0 Å². The zero-order valence-electron chi connectivity index (χ0n) is 12.6. The van der Waals surface area contributed by atoms with Gasteiger partial charge in [-0.3, -0.25) is 4.79 Å². The molecule has 1 amide bonds. The van der Waals surface area contributed by atoms with Gasteiger partial charge < -0.3 is 15.0 Å². The van der Waals surface area contributed by atoms with E-state index in [2.05, 4.69) is 12.2 Å². The van der Waals surface area contributed by atoms with Crippen molar-refractivity contribution >= 4 is 5.91 Å². The van der Waals surface area contributed by atoms with Crippen LogP contribution in [0, 0.1) is 6.92 Å². The Balaban J connectivity index is 2.28. The van der Waals surface area contributed by atoms with Crippen molar-refractivity contribution in [1.29, 1.82) is 0 Å². The third kappa shape index (κ3) is 3.12. The topological polar surface area (TPSA) is 41.6 Å². The number of carbonyl (C=O) groups is 1. The summed E-state index contributed by atoms with van der Waals surface area (Å²) in [6.45, 7) is 6.78. The van der Waals surface area contributed by atoms with E-state index in [-0.39, 0.29) is 5.91 Å². The summed E-state index contributed by atoms with van der Waals surface area (Å²) in [6, 6.07) is 6.07. The lowest BCUT2D eigenvalue weighted by Crippen LogP contribution is -2.42. The molecule has 4 heteroatoms. The molecule has 0 radical (unpaired) electrons. The minimum Gasteiger partial charge on any atom is -0.496 e. The molecule has 0 aromatic heterocycles. The van der Waals surface area contributed by atoms with Gasteiger partial charge in [0.05, 0.1) is 12.7 Å². The van der Waals surface area contributed by atoms with Gasteiger partial charge in [-0.15, -0.1) is 0 Å². The largest absolute Gasteiger partial charge is 0.496 e. The molecule has 1 aromatic carbocycles. The third-order valence-corrected chi connectivity index (χ3v) is 3.79. The van der Waals surface area contributed by atoms with Gasteiger partial charge in [0.25, 0.3) is 5.91 Å². The van der Waals surface area contributed by atoms with E-state index in [4.69, 9.17) is 4.74 Å². The smallest absolute Gasteiger partial charge is 0.257 e. The van der Waals surface area contributed by atoms with Crippen LogP contribution < -0.4 is 10.1 Å². The molecule has 1 aromatic rings. The summed E-state index contributed by atoms with van der Waals surface area (Å²) in [5, 5.41) is 3.33. The molecule has 2 rings (SSSR count). The highest BCUT2D eigenvalue weighted by atomic mass is 16.5. The van der Waals surface area contributed by atoms with Crippen molar-refractivity contribution in [2.24, 2.45) is 0 Å². The molecule has 1 saturated heterocycles. The highest BCUT2D eigenvalue weighted by molar-refractivity contribution is 5.97. The van der Waals surface area contributed by atoms with Crippen molar-refractivity contribution in [2.75, 3.05) is 26.7 Å². The first-order chi connectivity index (χ1) is 9.67. The molecule has 0 spiro atoms. The SMILES string of the molecule is CCCN(C(=O)c1cc(C)ccc1OC)C1CCNC1. The van der Waals surface area contributed by atoms with Gasteiger partial charge in [-0.1, -0.05) is 18.6 Å². The van der Waals surface area contributed by atoms with E-state index < -0.39 is 0 Å². The second kappa shape index (κ2) is 6.75. The minimum absolute atomic E-state index is 0.0844. The zero-order chi connectivity index (χ0) is 14.5. The van der Waals surface area contributed by atoms with Crippen molar-refractivity contribution in [3.8, 4) is 5.75 Å². The second-order valence-corrected chi connectivity index (χ2v) is 5.35. The molecule has 1 unspecified atom stereocenters. The van der Waals surface area contributed by atoms with Crippen LogP contribution in [0.15, 0.2) is 18.2 Å². The number of methoxy groups -OCH3 is 1. The van der Waals surface area contributed by atoms with Gasteiger partial charge in [0.2, 0.25) is 0 Å². The predicted molar refractivity (Wildman–Crippen MR) is 80.3 cm³/mol. The summed E-state index contributed by atoms with van der Waals surface area (Å²) in [7, 11) is 1.61. The monoisotopic (exact) mass is 276 g/mol. The quantitative estimate of drug-likeness (QED) is 0.896. The maximum absolute atomic E-state index is 12.9.